The zero-order valence-electron chi connectivity index (χ0n) is 11.9. The van der Waals surface area contributed by atoms with Gasteiger partial charge in [0.1, 0.15) is 5.75 Å². The molecule has 21 heavy (non-hydrogen) atoms. The van der Waals surface area contributed by atoms with E-state index in [0.29, 0.717) is 0 Å². The van der Waals surface area contributed by atoms with Crippen molar-refractivity contribution in [2.45, 2.75) is 23.8 Å². The molecule has 3 rings (SSSR count). The first-order valence-corrected chi connectivity index (χ1v) is 9.03. The van der Waals surface area contributed by atoms with E-state index in [2.05, 4.69) is 58.6 Å². The first-order chi connectivity index (χ1) is 10.2. The van der Waals surface area contributed by atoms with Gasteiger partial charge in [-0.1, -0.05) is 34.1 Å². The van der Waals surface area contributed by atoms with Gasteiger partial charge in [-0.05, 0) is 47.6 Å². The van der Waals surface area contributed by atoms with Gasteiger partial charge in [-0.3, -0.25) is 0 Å². The lowest BCUT2D eigenvalue weighted by molar-refractivity contribution is 0.352. The normalized spacial score (nSPS) is 14.6. The Bertz CT molecular complexity index is 659. The van der Waals surface area contributed by atoms with E-state index in [1.807, 2.05) is 0 Å². The highest BCUT2D eigenvalue weighted by atomic mass is 79.9. The largest absolute Gasteiger partial charge is 0.493 e. The highest BCUT2D eigenvalue weighted by Gasteiger charge is 2.20. The van der Waals surface area contributed by atoms with Crippen LogP contribution >= 0.6 is 27.7 Å². The number of benzene rings is 2. The molecule has 0 radical (unpaired) electrons. The minimum atomic E-state index is -0.0174. The van der Waals surface area contributed by atoms with E-state index < -0.39 is 0 Å². The number of fused-ring (bicyclic) bond motifs is 1. The predicted octanol–water partition coefficient (Wildman–Crippen LogP) is 4.35. The minimum absolute atomic E-state index is 0.0174. The molecule has 0 saturated heterocycles. The SMILES string of the molecule is CSc1ccccc1C(N)Cc1cc(Br)cc2c1OCC2. The summed E-state index contributed by atoms with van der Waals surface area (Å²) in [6, 6.07) is 12.6. The number of ether oxygens (including phenoxy) is 1. The molecule has 0 aliphatic carbocycles. The third kappa shape index (κ3) is 3.12. The lowest BCUT2D eigenvalue weighted by Gasteiger charge is -2.17. The Morgan fingerprint density at radius 1 is 1.33 bits per heavy atom. The summed E-state index contributed by atoms with van der Waals surface area (Å²) in [4.78, 5) is 1.25. The maximum atomic E-state index is 6.46. The van der Waals surface area contributed by atoms with Crippen molar-refractivity contribution in [3.63, 3.8) is 0 Å². The maximum absolute atomic E-state index is 6.46. The van der Waals surface area contributed by atoms with Gasteiger partial charge in [-0.15, -0.1) is 11.8 Å². The van der Waals surface area contributed by atoms with E-state index in [1.54, 1.807) is 11.8 Å². The molecule has 0 spiro atoms. The number of hydrogen-bond acceptors (Lipinski definition) is 3. The molecule has 2 N–H and O–H groups in total. The van der Waals surface area contributed by atoms with Crippen molar-refractivity contribution < 1.29 is 4.74 Å². The van der Waals surface area contributed by atoms with Crippen LogP contribution in [0, 0.1) is 0 Å². The van der Waals surface area contributed by atoms with Crippen LogP contribution in [0.5, 0.6) is 5.75 Å². The van der Waals surface area contributed by atoms with Crippen LogP contribution < -0.4 is 10.5 Å². The van der Waals surface area contributed by atoms with Crippen molar-refractivity contribution in [1.29, 1.82) is 0 Å². The van der Waals surface area contributed by atoms with Crippen LogP contribution in [-0.4, -0.2) is 12.9 Å². The molecular formula is C17H18BrNOS. The minimum Gasteiger partial charge on any atom is -0.493 e. The fourth-order valence-corrected chi connectivity index (χ4v) is 4.04. The number of halogens is 1. The lowest BCUT2D eigenvalue weighted by Crippen LogP contribution is -2.14. The highest BCUT2D eigenvalue weighted by molar-refractivity contribution is 9.10. The number of rotatable bonds is 4. The van der Waals surface area contributed by atoms with E-state index in [4.69, 9.17) is 10.5 Å². The first kappa shape index (κ1) is 14.9. The molecule has 1 aliphatic rings. The second-order valence-electron chi connectivity index (χ2n) is 5.20. The molecular weight excluding hydrogens is 346 g/mol. The molecule has 1 aliphatic heterocycles. The van der Waals surface area contributed by atoms with Gasteiger partial charge < -0.3 is 10.5 Å². The van der Waals surface area contributed by atoms with Gasteiger partial charge in [0.25, 0.3) is 0 Å². The van der Waals surface area contributed by atoms with E-state index in [9.17, 15) is 0 Å². The van der Waals surface area contributed by atoms with Crippen LogP contribution in [-0.2, 0) is 12.8 Å². The maximum Gasteiger partial charge on any atom is 0.125 e. The average Bonchev–Trinajstić information content (AvgIpc) is 2.95. The molecule has 0 fully saturated rings. The molecule has 2 nitrogen and oxygen atoms in total. The van der Waals surface area contributed by atoms with Crippen molar-refractivity contribution in [3.05, 3.63) is 57.6 Å². The standard InChI is InChI=1S/C17H18BrNOS/c1-21-16-5-3-2-4-14(16)15(19)10-12-9-13(18)8-11-6-7-20-17(11)12/h2-5,8-9,15H,6-7,10,19H2,1H3. The molecule has 0 saturated carbocycles. The zero-order chi connectivity index (χ0) is 14.8. The van der Waals surface area contributed by atoms with Gasteiger partial charge in [-0.25, -0.2) is 0 Å². The first-order valence-electron chi connectivity index (χ1n) is 7.01. The van der Waals surface area contributed by atoms with Crippen LogP contribution in [0.2, 0.25) is 0 Å². The molecule has 4 heteroatoms. The monoisotopic (exact) mass is 363 g/mol. The fraction of sp³-hybridized carbons (Fsp3) is 0.294. The van der Waals surface area contributed by atoms with Crippen LogP contribution in [0.25, 0.3) is 0 Å². The second-order valence-corrected chi connectivity index (χ2v) is 6.97. The molecule has 1 heterocycles. The number of thioether (sulfide) groups is 1. The average molecular weight is 364 g/mol. The third-order valence-electron chi connectivity index (χ3n) is 3.80. The Hall–Kier alpha value is -0.970. The van der Waals surface area contributed by atoms with Crippen molar-refractivity contribution in [2.24, 2.45) is 5.73 Å². The summed E-state index contributed by atoms with van der Waals surface area (Å²) in [7, 11) is 0. The summed E-state index contributed by atoms with van der Waals surface area (Å²) >= 11 is 5.33. The van der Waals surface area contributed by atoms with Crippen molar-refractivity contribution >= 4 is 27.7 Å². The van der Waals surface area contributed by atoms with Gasteiger partial charge >= 0.3 is 0 Å². The quantitative estimate of drug-likeness (QED) is 0.820. The zero-order valence-corrected chi connectivity index (χ0v) is 14.3. The van der Waals surface area contributed by atoms with Gasteiger partial charge in [0.15, 0.2) is 0 Å². The summed E-state index contributed by atoms with van der Waals surface area (Å²) < 4.78 is 6.90. The van der Waals surface area contributed by atoms with Crippen LogP contribution in [0.4, 0.5) is 0 Å². The van der Waals surface area contributed by atoms with E-state index in [-0.39, 0.29) is 6.04 Å². The summed E-state index contributed by atoms with van der Waals surface area (Å²) in [6.45, 7) is 0.773. The van der Waals surface area contributed by atoms with E-state index in [0.717, 1.165) is 29.7 Å². The molecule has 1 atom stereocenters. The molecule has 110 valence electrons. The molecule has 1 unspecified atom stereocenters. The molecule has 0 amide bonds. The van der Waals surface area contributed by atoms with E-state index >= 15 is 0 Å². The molecule has 0 aromatic heterocycles. The smallest absolute Gasteiger partial charge is 0.125 e. The molecule has 2 aromatic carbocycles. The van der Waals surface area contributed by atoms with Crippen LogP contribution in [0.3, 0.4) is 0 Å². The second kappa shape index (κ2) is 6.42. The van der Waals surface area contributed by atoms with Gasteiger partial charge in [-0.2, -0.15) is 0 Å². The number of nitrogens with two attached hydrogens (primary N) is 1. The Morgan fingerprint density at radius 3 is 2.95 bits per heavy atom. The van der Waals surface area contributed by atoms with Gasteiger partial charge in [0.2, 0.25) is 0 Å². The topological polar surface area (TPSA) is 35.2 Å². The lowest BCUT2D eigenvalue weighted by atomic mass is 9.97. The third-order valence-corrected chi connectivity index (χ3v) is 5.07. The van der Waals surface area contributed by atoms with Crippen molar-refractivity contribution in [1.82, 2.24) is 0 Å². The van der Waals surface area contributed by atoms with Crippen molar-refractivity contribution in [3.8, 4) is 5.75 Å². The Balaban J connectivity index is 1.90. The van der Waals surface area contributed by atoms with Gasteiger partial charge in [0, 0.05) is 21.8 Å². The van der Waals surface area contributed by atoms with E-state index in [1.165, 1.54) is 21.6 Å². The molecule has 0 bridgehead atoms. The summed E-state index contributed by atoms with van der Waals surface area (Å²) in [5.41, 5.74) is 10.1. The predicted molar refractivity (Wildman–Crippen MR) is 92.2 cm³/mol. The number of hydrogen-bond donors (Lipinski definition) is 1. The van der Waals surface area contributed by atoms with Crippen molar-refractivity contribution in [2.75, 3.05) is 12.9 Å². The van der Waals surface area contributed by atoms with Gasteiger partial charge in [0.05, 0.1) is 6.61 Å². The molecule has 2 aromatic rings. The Labute approximate surface area is 138 Å². The summed E-state index contributed by atoms with van der Waals surface area (Å²) in [5, 5.41) is 0. The Morgan fingerprint density at radius 2 is 2.14 bits per heavy atom. The Kier molecular flexibility index (Phi) is 4.57. The van der Waals surface area contributed by atoms with Crippen LogP contribution in [0.1, 0.15) is 22.7 Å². The van der Waals surface area contributed by atoms with Crippen LogP contribution in [0.15, 0.2) is 45.8 Å². The fourth-order valence-electron chi connectivity index (χ4n) is 2.82. The highest BCUT2D eigenvalue weighted by Crippen LogP contribution is 2.36. The summed E-state index contributed by atoms with van der Waals surface area (Å²) in [6.07, 6.45) is 3.86. The summed E-state index contributed by atoms with van der Waals surface area (Å²) in [5.74, 6) is 1.04.